The summed E-state index contributed by atoms with van der Waals surface area (Å²) in [5.41, 5.74) is 1.78. The molecule has 0 saturated heterocycles. The summed E-state index contributed by atoms with van der Waals surface area (Å²) in [6.45, 7) is 1.95. The first-order valence-electron chi connectivity index (χ1n) is 9.41. The van der Waals surface area contributed by atoms with Crippen LogP contribution in [0.3, 0.4) is 0 Å². The highest BCUT2D eigenvalue weighted by Gasteiger charge is 2.21. The fraction of sp³-hybridized carbons (Fsp3) is 0.174. The summed E-state index contributed by atoms with van der Waals surface area (Å²) >= 11 is 0. The molecule has 3 rings (SSSR count). The van der Waals surface area contributed by atoms with Crippen LogP contribution in [0.5, 0.6) is 5.75 Å². The molecule has 7 heteroatoms. The summed E-state index contributed by atoms with van der Waals surface area (Å²) in [6.07, 6.45) is 0. The zero-order valence-corrected chi connectivity index (χ0v) is 17.9. The van der Waals surface area contributed by atoms with Crippen molar-refractivity contribution < 1.29 is 17.9 Å². The van der Waals surface area contributed by atoms with E-state index < -0.39 is 10.0 Å². The predicted molar refractivity (Wildman–Crippen MR) is 117 cm³/mol. The number of benzene rings is 3. The van der Waals surface area contributed by atoms with E-state index in [4.69, 9.17) is 4.74 Å². The summed E-state index contributed by atoms with van der Waals surface area (Å²) in [5.74, 6) is 0.234. The molecule has 1 amide bonds. The van der Waals surface area contributed by atoms with E-state index in [1.54, 1.807) is 36.2 Å². The Morgan fingerprint density at radius 3 is 2.17 bits per heavy atom. The maximum absolute atomic E-state index is 12.8. The van der Waals surface area contributed by atoms with Crippen molar-refractivity contribution >= 4 is 21.6 Å². The fourth-order valence-electron chi connectivity index (χ4n) is 3.04. The standard InChI is InChI=1S/C23H24N2O4S/c1-17(18-9-5-4-6-10-18)25(2)23(26)19-13-15-20(16-14-19)30(27,28)24-21-11-7-8-12-22(21)29-3/h4-17,24H,1-3H3. The van der Waals surface area contributed by atoms with Crippen molar-refractivity contribution in [2.45, 2.75) is 17.9 Å². The second kappa shape index (κ2) is 9.00. The number of hydrogen-bond acceptors (Lipinski definition) is 4. The smallest absolute Gasteiger partial charge is 0.262 e. The van der Waals surface area contributed by atoms with Crippen LogP contribution < -0.4 is 9.46 Å². The third-order valence-electron chi connectivity index (χ3n) is 4.95. The maximum atomic E-state index is 12.8. The van der Waals surface area contributed by atoms with Crippen molar-refractivity contribution in [1.29, 1.82) is 0 Å². The van der Waals surface area contributed by atoms with Crippen LogP contribution in [0.1, 0.15) is 28.9 Å². The Morgan fingerprint density at radius 2 is 1.53 bits per heavy atom. The molecule has 1 atom stereocenters. The fourth-order valence-corrected chi connectivity index (χ4v) is 4.11. The summed E-state index contributed by atoms with van der Waals surface area (Å²) in [4.78, 5) is 14.5. The highest BCUT2D eigenvalue weighted by atomic mass is 32.2. The zero-order chi connectivity index (χ0) is 21.7. The Morgan fingerprint density at radius 1 is 0.933 bits per heavy atom. The number of hydrogen-bond donors (Lipinski definition) is 1. The zero-order valence-electron chi connectivity index (χ0n) is 17.1. The highest BCUT2D eigenvalue weighted by Crippen LogP contribution is 2.26. The van der Waals surface area contributed by atoms with Gasteiger partial charge in [0, 0.05) is 12.6 Å². The molecule has 0 radical (unpaired) electrons. The van der Waals surface area contributed by atoms with Crippen LogP contribution in [-0.2, 0) is 10.0 Å². The van der Waals surface area contributed by atoms with E-state index in [-0.39, 0.29) is 16.8 Å². The number of sulfonamides is 1. The van der Waals surface area contributed by atoms with Crippen molar-refractivity contribution in [2.75, 3.05) is 18.9 Å². The van der Waals surface area contributed by atoms with Crippen LogP contribution in [0.2, 0.25) is 0 Å². The van der Waals surface area contributed by atoms with Crippen molar-refractivity contribution in [1.82, 2.24) is 4.90 Å². The first-order chi connectivity index (χ1) is 14.3. The number of nitrogens with zero attached hydrogens (tertiary/aromatic N) is 1. The monoisotopic (exact) mass is 424 g/mol. The van der Waals surface area contributed by atoms with Gasteiger partial charge in [-0.25, -0.2) is 8.42 Å². The van der Waals surface area contributed by atoms with E-state index in [2.05, 4.69) is 4.72 Å². The third-order valence-corrected chi connectivity index (χ3v) is 6.33. The molecular formula is C23H24N2O4S. The normalized spacial score (nSPS) is 12.1. The minimum absolute atomic E-state index is 0.0590. The SMILES string of the molecule is COc1ccccc1NS(=O)(=O)c1ccc(C(=O)N(C)C(C)c2ccccc2)cc1. The van der Waals surface area contributed by atoms with E-state index in [0.717, 1.165) is 5.56 Å². The summed E-state index contributed by atoms with van der Waals surface area (Å²) in [5, 5.41) is 0. The second-order valence-electron chi connectivity index (χ2n) is 6.83. The van der Waals surface area contributed by atoms with Crippen molar-refractivity contribution in [3.63, 3.8) is 0 Å². The molecule has 3 aromatic rings. The van der Waals surface area contributed by atoms with E-state index >= 15 is 0 Å². The molecule has 6 nitrogen and oxygen atoms in total. The molecular weight excluding hydrogens is 400 g/mol. The van der Waals surface area contributed by atoms with Crippen molar-refractivity contribution in [3.05, 3.63) is 90.0 Å². The lowest BCUT2D eigenvalue weighted by molar-refractivity contribution is 0.0742. The summed E-state index contributed by atoms with van der Waals surface area (Å²) < 4.78 is 33.1. The van der Waals surface area contributed by atoms with E-state index in [1.165, 1.54) is 31.4 Å². The molecule has 3 aromatic carbocycles. The van der Waals surface area contributed by atoms with Gasteiger partial charge in [0.05, 0.1) is 23.7 Å². The van der Waals surface area contributed by atoms with Crippen molar-refractivity contribution in [2.24, 2.45) is 0 Å². The van der Waals surface area contributed by atoms with Gasteiger partial charge in [0.1, 0.15) is 5.75 Å². The Labute approximate surface area is 177 Å². The predicted octanol–water partition coefficient (Wildman–Crippen LogP) is 4.33. The van der Waals surface area contributed by atoms with Gasteiger partial charge in [0.25, 0.3) is 15.9 Å². The lowest BCUT2D eigenvalue weighted by Gasteiger charge is -2.25. The number of amides is 1. The first kappa shape index (κ1) is 21.4. The number of methoxy groups -OCH3 is 1. The second-order valence-corrected chi connectivity index (χ2v) is 8.52. The van der Waals surface area contributed by atoms with Crippen LogP contribution in [0.25, 0.3) is 0 Å². The number of para-hydroxylation sites is 2. The van der Waals surface area contributed by atoms with Gasteiger partial charge in [-0.3, -0.25) is 9.52 Å². The van der Waals surface area contributed by atoms with Crippen LogP contribution in [-0.4, -0.2) is 33.4 Å². The third kappa shape index (κ3) is 4.63. The number of carbonyl (C=O) groups is 1. The lowest BCUT2D eigenvalue weighted by atomic mass is 10.1. The van der Waals surface area contributed by atoms with Gasteiger partial charge < -0.3 is 9.64 Å². The minimum Gasteiger partial charge on any atom is -0.495 e. The molecule has 0 saturated carbocycles. The molecule has 0 aliphatic carbocycles. The van der Waals surface area contributed by atoms with Gasteiger partial charge >= 0.3 is 0 Å². The van der Waals surface area contributed by atoms with Crippen LogP contribution in [0.15, 0.2) is 83.8 Å². The topological polar surface area (TPSA) is 75.7 Å². The first-order valence-corrected chi connectivity index (χ1v) is 10.9. The average Bonchev–Trinajstić information content (AvgIpc) is 2.78. The van der Waals surface area contributed by atoms with E-state index in [9.17, 15) is 13.2 Å². The number of nitrogens with one attached hydrogen (secondary N) is 1. The molecule has 0 bridgehead atoms. The molecule has 1 N–H and O–H groups in total. The number of rotatable bonds is 7. The summed E-state index contributed by atoms with van der Waals surface area (Å²) in [6, 6.07) is 22.2. The molecule has 0 aromatic heterocycles. The van der Waals surface area contributed by atoms with Crippen LogP contribution in [0.4, 0.5) is 5.69 Å². The van der Waals surface area contributed by atoms with Gasteiger partial charge in [0.2, 0.25) is 0 Å². The van der Waals surface area contributed by atoms with Gasteiger partial charge in [-0.15, -0.1) is 0 Å². The Kier molecular flexibility index (Phi) is 6.42. The largest absolute Gasteiger partial charge is 0.495 e. The number of ether oxygens (including phenoxy) is 1. The molecule has 0 aliphatic heterocycles. The number of carbonyl (C=O) groups excluding carboxylic acids is 1. The quantitative estimate of drug-likeness (QED) is 0.613. The van der Waals surface area contributed by atoms with Gasteiger partial charge in [-0.05, 0) is 48.9 Å². The molecule has 0 heterocycles. The molecule has 0 fully saturated rings. The van der Waals surface area contributed by atoms with Gasteiger partial charge in [-0.2, -0.15) is 0 Å². The minimum atomic E-state index is -3.82. The summed E-state index contributed by atoms with van der Waals surface area (Å²) in [7, 11) is -0.620. The Bertz CT molecular complexity index is 1110. The molecule has 0 aliphatic rings. The van der Waals surface area contributed by atoms with Crippen LogP contribution >= 0.6 is 0 Å². The van der Waals surface area contributed by atoms with E-state index in [1.807, 2.05) is 37.3 Å². The average molecular weight is 425 g/mol. The molecule has 30 heavy (non-hydrogen) atoms. The number of anilines is 1. The Hall–Kier alpha value is -3.32. The Balaban J connectivity index is 1.77. The van der Waals surface area contributed by atoms with Gasteiger partial charge in [0.15, 0.2) is 0 Å². The van der Waals surface area contributed by atoms with Crippen molar-refractivity contribution in [3.8, 4) is 5.75 Å². The molecule has 156 valence electrons. The maximum Gasteiger partial charge on any atom is 0.262 e. The lowest BCUT2D eigenvalue weighted by Crippen LogP contribution is -2.29. The molecule has 1 unspecified atom stereocenters. The van der Waals surface area contributed by atoms with E-state index in [0.29, 0.717) is 17.0 Å². The van der Waals surface area contributed by atoms with Gasteiger partial charge in [-0.1, -0.05) is 42.5 Å². The highest BCUT2D eigenvalue weighted by molar-refractivity contribution is 7.92. The molecule has 0 spiro atoms. The van der Waals surface area contributed by atoms with Crippen LogP contribution in [0, 0.1) is 0 Å².